The van der Waals surface area contributed by atoms with Crippen molar-refractivity contribution in [2.24, 2.45) is 5.92 Å². The Bertz CT molecular complexity index is 1150. The molecule has 0 bridgehead atoms. The minimum Gasteiger partial charge on any atom is -0.489 e. The van der Waals surface area contributed by atoms with E-state index in [4.69, 9.17) is 16.3 Å². The van der Waals surface area contributed by atoms with Gasteiger partial charge in [0, 0.05) is 29.9 Å². The van der Waals surface area contributed by atoms with Crippen molar-refractivity contribution in [1.29, 1.82) is 0 Å². The predicted molar refractivity (Wildman–Crippen MR) is 128 cm³/mol. The molecule has 1 aromatic heterocycles. The Balaban J connectivity index is 1.38. The molecule has 3 aromatic rings. The second kappa shape index (κ2) is 10.5. The number of aryl methyl sites for hydroxylation is 1. The molecule has 4 rings (SSSR count). The first-order valence-corrected chi connectivity index (χ1v) is 11.4. The molecule has 1 aliphatic heterocycles. The fourth-order valence-electron chi connectivity index (χ4n) is 3.91. The molecule has 2 aromatic carbocycles. The summed E-state index contributed by atoms with van der Waals surface area (Å²) in [5.41, 5.74) is 2.40. The average Bonchev–Trinajstić information content (AvgIpc) is 2.84. The van der Waals surface area contributed by atoms with E-state index in [1.54, 1.807) is 29.3 Å². The molecule has 0 spiro atoms. The van der Waals surface area contributed by atoms with Gasteiger partial charge in [0.1, 0.15) is 18.2 Å². The zero-order valence-corrected chi connectivity index (χ0v) is 19.2. The van der Waals surface area contributed by atoms with Crippen LogP contribution in [-0.4, -0.2) is 34.8 Å². The number of benzene rings is 2. The Hall–Kier alpha value is -3.38. The van der Waals surface area contributed by atoms with Gasteiger partial charge < -0.3 is 15.0 Å². The van der Waals surface area contributed by atoms with Gasteiger partial charge in [-0.2, -0.15) is 0 Å². The van der Waals surface area contributed by atoms with Crippen LogP contribution in [0, 0.1) is 12.8 Å². The van der Waals surface area contributed by atoms with Crippen LogP contribution in [0.15, 0.2) is 66.9 Å². The number of carbonyl (C=O) groups is 2. The molecule has 33 heavy (non-hydrogen) atoms. The highest BCUT2D eigenvalue weighted by atomic mass is 35.5. The van der Waals surface area contributed by atoms with Gasteiger partial charge in [0.05, 0.1) is 5.92 Å². The van der Waals surface area contributed by atoms with E-state index in [1.165, 1.54) is 0 Å². The van der Waals surface area contributed by atoms with Crippen LogP contribution in [0.4, 0.5) is 5.82 Å². The summed E-state index contributed by atoms with van der Waals surface area (Å²) >= 11 is 6.03. The second-order valence-electron chi connectivity index (χ2n) is 8.19. The number of likely N-dealkylation sites (tertiary alicyclic amines) is 1. The third-order valence-corrected chi connectivity index (χ3v) is 5.94. The summed E-state index contributed by atoms with van der Waals surface area (Å²) in [5, 5.41) is 3.56. The highest BCUT2D eigenvalue weighted by Crippen LogP contribution is 2.23. The smallest absolute Gasteiger partial charge is 0.254 e. The Labute approximate surface area is 198 Å². The van der Waals surface area contributed by atoms with Crippen molar-refractivity contribution in [2.75, 3.05) is 18.4 Å². The van der Waals surface area contributed by atoms with Crippen LogP contribution in [0.5, 0.6) is 5.75 Å². The summed E-state index contributed by atoms with van der Waals surface area (Å²) in [7, 11) is 0. The van der Waals surface area contributed by atoms with Crippen LogP contribution in [0.3, 0.4) is 0 Å². The topological polar surface area (TPSA) is 71.5 Å². The normalized spacial score (nSPS) is 15.7. The van der Waals surface area contributed by atoms with Gasteiger partial charge in [0.25, 0.3) is 5.91 Å². The van der Waals surface area contributed by atoms with Crippen molar-refractivity contribution in [3.05, 3.63) is 88.6 Å². The van der Waals surface area contributed by atoms with Crippen LogP contribution >= 0.6 is 11.6 Å². The van der Waals surface area contributed by atoms with Crippen LogP contribution in [0.2, 0.25) is 5.02 Å². The molecule has 0 radical (unpaired) electrons. The molecular formula is C26H26ClN3O3. The maximum atomic E-state index is 13.2. The number of carbonyl (C=O) groups excluding carboxylic acids is 2. The van der Waals surface area contributed by atoms with Gasteiger partial charge >= 0.3 is 0 Å². The number of rotatable bonds is 6. The number of anilines is 1. The minimum atomic E-state index is -0.272. The number of hydrogen-bond donors (Lipinski definition) is 1. The van der Waals surface area contributed by atoms with E-state index in [-0.39, 0.29) is 17.7 Å². The predicted octanol–water partition coefficient (Wildman–Crippen LogP) is 5.11. The van der Waals surface area contributed by atoms with Crippen LogP contribution in [-0.2, 0) is 11.4 Å². The van der Waals surface area contributed by atoms with Gasteiger partial charge in [-0.3, -0.25) is 9.59 Å². The SMILES string of the molecule is Cc1cccnc1NC(=O)C1CCCN(C(=O)c2cccc(OCc3cccc(Cl)c3)c2)C1. The molecule has 0 saturated carbocycles. The van der Waals surface area contributed by atoms with Crippen molar-refractivity contribution in [2.45, 2.75) is 26.4 Å². The third-order valence-electron chi connectivity index (χ3n) is 5.71. The zero-order valence-electron chi connectivity index (χ0n) is 18.5. The monoisotopic (exact) mass is 463 g/mol. The molecule has 1 fully saturated rings. The van der Waals surface area contributed by atoms with Gasteiger partial charge in [-0.25, -0.2) is 4.98 Å². The number of amides is 2. The number of nitrogens with zero attached hydrogens (tertiary/aromatic N) is 2. The van der Waals surface area contributed by atoms with Crippen LogP contribution < -0.4 is 10.1 Å². The molecule has 2 amide bonds. The number of ether oxygens (including phenoxy) is 1. The summed E-state index contributed by atoms with van der Waals surface area (Å²) in [6, 6.07) is 18.4. The lowest BCUT2D eigenvalue weighted by atomic mass is 9.96. The first kappa shape index (κ1) is 22.8. The number of piperidine rings is 1. The standard InChI is InChI=1S/C26H26ClN3O3/c1-18-6-4-12-28-24(18)29-25(31)21-9-5-13-30(16-21)26(32)20-8-3-11-23(15-20)33-17-19-7-2-10-22(27)14-19/h2-4,6-8,10-12,14-15,21H,5,9,13,16-17H2,1H3,(H,28,29,31). The lowest BCUT2D eigenvalue weighted by molar-refractivity contribution is -0.121. The quantitative estimate of drug-likeness (QED) is 0.551. The number of aromatic nitrogens is 1. The fourth-order valence-corrected chi connectivity index (χ4v) is 4.12. The fraction of sp³-hybridized carbons (Fsp3) is 0.269. The summed E-state index contributed by atoms with van der Waals surface area (Å²) < 4.78 is 5.86. The molecule has 0 aliphatic carbocycles. The largest absolute Gasteiger partial charge is 0.489 e. The molecular weight excluding hydrogens is 438 g/mol. The third kappa shape index (κ3) is 5.90. The van der Waals surface area contributed by atoms with Crippen molar-refractivity contribution in [3.8, 4) is 5.75 Å². The average molecular weight is 464 g/mol. The van der Waals surface area contributed by atoms with Gasteiger partial charge in [-0.15, -0.1) is 0 Å². The second-order valence-corrected chi connectivity index (χ2v) is 8.63. The summed E-state index contributed by atoms with van der Waals surface area (Å²) in [6.45, 7) is 3.26. The summed E-state index contributed by atoms with van der Waals surface area (Å²) in [5.74, 6) is 0.697. The van der Waals surface area contributed by atoms with Crippen LogP contribution in [0.1, 0.15) is 34.3 Å². The molecule has 6 nitrogen and oxygen atoms in total. The van der Waals surface area contributed by atoms with E-state index in [1.807, 2.05) is 49.4 Å². The number of halogens is 1. The molecule has 1 N–H and O–H groups in total. The van der Waals surface area contributed by atoms with E-state index >= 15 is 0 Å². The molecule has 1 atom stereocenters. The highest BCUT2D eigenvalue weighted by Gasteiger charge is 2.29. The summed E-state index contributed by atoms with van der Waals surface area (Å²) in [6.07, 6.45) is 3.17. The van der Waals surface area contributed by atoms with Crippen molar-refractivity contribution in [1.82, 2.24) is 9.88 Å². The lowest BCUT2D eigenvalue weighted by Gasteiger charge is -2.32. The number of hydrogen-bond acceptors (Lipinski definition) is 4. The van der Waals surface area contributed by atoms with E-state index in [2.05, 4.69) is 10.3 Å². The van der Waals surface area contributed by atoms with Crippen molar-refractivity contribution in [3.63, 3.8) is 0 Å². The van der Waals surface area contributed by atoms with E-state index in [0.29, 0.717) is 41.8 Å². The Morgan fingerprint density at radius 2 is 2.00 bits per heavy atom. The molecule has 2 heterocycles. The van der Waals surface area contributed by atoms with E-state index < -0.39 is 0 Å². The van der Waals surface area contributed by atoms with Gasteiger partial charge in [-0.1, -0.05) is 35.9 Å². The molecule has 1 unspecified atom stereocenters. The maximum Gasteiger partial charge on any atom is 0.254 e. The lowest BCUT2D eigenvalue weighted by Crippen LogP contribution is -2.43. The minimum absolute atomic E-state index is 0.102. The van der Waals surface area contributed by atoms with Crippen LogP contribution in [0.25, 0.3) is 0 Å². The molecule has 1 saturated heterocycles. The first-order chi connectivity index (χ1) is 16.0. The van der Waals surface area contributed by atoms with E-state index in [0.717, 1.165) is 24.0 Å². The van der Waals surface area contributed by atoms with Gasteiger partial charge in [0.2, 0.25) is 5.91 Å². The Morgan fingerprint density at radius 1 is 1.15 bits per heavy atom. The van der Waals surface area contributed by atoms with Crippen molar-refractivity contribution < 1.29 is 14.3 Å². The van der Waals surface area contributed by atoms with E-state index in [9.17, 15) is 9.59 Å². The molecule has 1 aliphatic rings. The molecule has 7 heteroatoms. The summed E-state index contributed by atoms with van der Waals surface area (Å²) in [4.78, 5) is 31.9. The number of pyridine rings is 1. The number of nitrogens with one attached hydrogen (secondary N) is 1. The van der Waals surface area contributed by atoms with Gasteiger partial charge in [0.15, 0.2) is 0 Å². The van der Waals surface area contributed by atoms with Crippen molar-refractivity contribution >= 4 is 29.2 Å². The maximum absolute atomic E-state index is 13.2. The molecule has 170 valence electrons. The Morgan fingerprint density at radius 3 is 2.82 bits per heavy atom. The zero-order chi connectivity index (χ0) is 23.2. The van der Waals surface area contributed by atoms with Gasteiger partial charge in [-0.05, 0) is 67.3 Å². The highest BCUT2D eigenvalue weighted by molar-refractivity contribution is 6.30. The Kier molecular flexibility index (Phi) is 7.25. The first-order valence-electron chi connectivity index (χ1n) is 11.0.